The summed E-state index contributed by atoms with van der Waals surface area (Å²) in [7, 11) is -3.69. The Morgan fingerprint density at radius 1 is 1.07 bits per heavy atom. The molecule has 0 bridgehead atoms. The number of amides is 1. The van der Waals surface area contributed by atoms with Gasteiger partial charge in [0.1, 0.15) is 0 Å². The SMILES string of the molecule is O=C(Nc1ccc2c(c1)CCC2)c1cccc(S(=O)(=O)NC[C@@H]2CCCO2)c1. The minimum absolute atomic E-state index is 0.0760. The summed E-state index contributed by atoms with van der Waals surface area (Å²) in [6.45, 7) is 0.915. The van der Waals surface area contributed by atoms with Crippen LogP contribution in [0.3, 0.4) is 0 Å². The van der Waals surface area contributed by atoms with Crippen LogP contribution in [0.2, 0.25) is 0 Å². The first-order valence-corrected chi connectivity index (χ1v) is 11.1. The molecule has 1 amide bonds. The van der Waals surface area contributed by atoms with E-state index in [0.29, 0.717) is 12.2 Å². The van der Waals surface area contributed by atoms with Crippen molar-refractivity contribution in [1.29, 1.82) is 0 Å². The van der Waals surface area contributed by atoms with Crippen LogP contribution in [-0.2, 0) is 27.6 Å². The molecule has 2 aromatic rings. The van der Waals surface area contributed by atoms with Crippen molar-refractivity contribution in [3.05, 3.63) is 59.2 Å². The Balaban J connectivity index is 1.45. The van der Waals surface area contributed by atoms with Crippen LogP contribution in [0.4, 0.5) is 5.69 Å². The highest BCUT2D eigenvalue weighted by molar-refractivity contribution is 7.89. The number of anilines is 1. The largest absolute Gasteiger partial charge is 0.377 e. The summed E-state index contributed by atoms with van der Waals surface area (Å²) in [6.07, 6.45) is 4.98. The molecule has 4 rings (SSSR count). The molecular weight excluding hydrogens is 376 g/mol. The van der Waals surface area contributed by atoms with Gasteiger partial charge in [-0.15, -0.1) is 0 Å². The zero-order valence-corrected chi connectivity index (χ0v) is 16.4. The van der Waals surface area contributed by atoms with Gasteiger partial charge in [-0.25, -0.2) is 13.1 Å². The second-order valence-electron chi connectivity index (χ2n) is 7.31. The summed E-state index contributed by atoms with van der Waals surface area (Å²) in [5.74, 6) is -0.325. The van der Waals surface area contributed by atoms with Crippen molar-refractivity contribution in [2.75, 3.05) is 18.5 Å². The highest BCUT2D eigenvalue weighted by Crippen LogP contribution is 2.25. The highest BCUT2D eigenvalue weighted by atomic mass is 32.2. The van der Waals surface area contributed by atoms with Crippen molar-refractivity contribution in [2.45, 2.75) is 43.1 Å². The molecule has 1 fully saturated rings. The fraction of sp³-hybridized carbons (Fsp3) is 0.381. The molecule has 1 atom stereocenters. The van der Waals surface area contributed by atoms with Crippen molar-refractivity contribution in [1.82, 2.24) is 4.72 Å². The highest BCUT2D eigenvalue weighted by Gasteiger charge is 2.21. The van der Waals surface area contributed by atoms with E-state index >= 15 is 0 Å². The van der Waals surface area contributed by atoms with Crippen LogP contribution < -0.4 is 10.0 Å². The minimum Gasteiger partial charge on any atom is -0.377 e. The Morgan fingerprint density at radius 2 is 1.93 bits per heavy atom. The van der Waals surface area contributed by atoms with Gasteiger partial charge < -0.3 is 10.1 Å². The van der Waals surface area contributed by atoms with Crippen LogP contribution in [0.5, 0.6) is 0 Å². The molecule has 1 heterocycles. The van der Waals surface area contributed by atoms with E-state index < -0.39 is 10.0 Å². The lowest BCUT2D eigenvalue weighted by molar-refractivity contribution is 0.102. The van der Waals surface area contributed by atoms with E-state index in [4.69, 9.17) is 4.74 Å². The summed E-state index contributed by atoms with van der Waals surface area (Å²) >= 11 is 0. The van der Waals surface area contributed by atoms with E-state index in [0.717, 1.165) is 37.8 Å². The summed E-state index contributed by atoms with van der Waals surface area (Å²) in [4.78, 5) is 12.7. The van der Waals surface area contributed by atoms with E-state index in [9.17, 15) is 13.2 Å². The molecule has 0 spiro atoms. The van der Waals surface area contributed by atoms with Gasteiger partial charge in [0.25, 0.3) is 5.91 Å². The fourth-order valence-electron chi connectivity index (χ4n) is 3.75. The number of sulfonamides is 1. The maximum Gasteiger partial charge on any atom is 0.255 e. The van der Waals surface area contributed by atoms with Gasteiger partial charge in [0, 0.05) is 24.4 Å². The summed E-state index contributed by atoms with van der Waals surface area (Å²) in [5.41, 5.74) is 3.65. The van der Waals surface area contributed by atoms with Crippen molar-refractivity contribution < 1.29 is 17.9 Å². The zero-order chi connectivity index (χ0) is 19.6. The van der Waals surface area contributed by atoms with E-state index in [1.54, 1.807) is 12.1 Å². The lowest BCUT2D eigenvalue weighted by Crippen LogP contribution is -2.32. The Kier molecular flexibility index (Phi) is 5.48. The smallest absolute Gasteiger partial charge is 0.255 e. The topological polar surface area (TPSA) is 84.5 Å². The molecule has 6 nitrogen and oxygen atoms in total. The molecule has 0 aromatic heterocycles. The van der Waals surface area contributed by atoms with E-state index in [1.165, 1.54) is 23.3 Å². The molecule has 1 aliphatic carbocycles. The number of fused-ring (bicyclic) bond motifs is 1. The predicted molar refractivity (Wildman–Crippen MR) is 107 cm³/mol. The van der Waals surface area contributed by atoms with Gasteiger partial charge in [-0.05, 0) is 73.6 Å². The van der Waals surface area contributed by atoms with Crippen molar-refractivity contribution in [3.63, 3.8) is 0 Å². The van der Waals surface area contributed by atoms with Gasteiger partial charge in [0.15, 0.2) is 0 Å². The third kappa shape index (κ3) is 4.27. The molecule has 0 unspecified atom stereocenters. The van der Waals surface area contributed by atoms with E-state index in [2.05, 4.69) is 10.0 Å². The fourth-order valence-corrected chi connectivity index (χ4v) is 4.86. The van der Waals surface area contributed by atoms with Gasteiger partial charge in [-0.3, -0.25) is 4.79 Å². The normalized spacial score (nSPS) is 18.8. The van der Waals surface area contributed by atoms with Gasteiger partial charge in [0.05, 0.1) is 11.0 Å². The third-order valence-electron chi connectivity index (χ3n) is 5.29. The standard InChI is InChI=1S/C21H24N2O4S/c24-21(23-18-10-9-15-4-1-5-16(15)12-18)17-6-2-8-20(13-17)28(25,26)22-14-19-7-3-11-27-19/h2,6,8-10,12-13,19,22H,1,3-5,7,11,14H2,(H,23,24)/t19-/m0/s1. The van der Waals surface area contributed by atoms with Crippen LogP contribution in [0.15, 0.2) is 47.4 Å². The number of nitrogens with one attached hydrogen (secondary N) is 2. The minimum atomic E-state index is -3.69. The Labute approximate surface area is 165 Å². The second-order valence-corrected chi connectivity index (χ2v) is 9.07. The van der Waals surface area contributed by atoms with Gasteiger partial charge in [0.2, 0.25) is 10.0 Å². The van der Waals surface area contributed by atoms with Crippen molar-refractivity contribution in [2.24, 2.45) is 0 Å². The average Bonchev–Trinajstić information content (AvgIpc) is 3.38. The van der Waals surface area contributed by atoms with Crippen LogP contribution in [0.25, 0.3) is 0 Å². The maximum atomic E-state index is 12.6. The van der Waals surface area contributed by atoms with Gasteiger partial charge >= 0.3 is 0 Å². The molecule has 2 aromatic carbocycles. The van der Waals surface area contributed by atoms with Crippen LogP contribution in [-0.4, -0.2) is 33.6 Å². The molecule has 7 heteroatoms. The first-order chi connectivity index (χ1) is 13.5. The number of hydrogen-bond donors (Lipinski definition) is 2. The van der Waals surface area contributed by atoms with E-state index in [1.807, 2.05) is 18.2 Å². The number of carbonyl (C=O) groups is 1. The maximum absolute atomic E-state index is 12.6. The summed E-state index contributed by atoms with van der Waals surface area (Å²) < 4.78 is 33.1. The number of rotatable bonds is 6. The summed E-state index contributed by atoms with van der Waals surface area (Å²) in [5, 5.41) is 2.87. The Hall–Kier alpha value is -2.22. The number of aryl methyl sites for hydroxylation is 2. The van der Waals surface area contributed by atoms with Crippen molar-refractivity contribution in [3.8, 4) is 0 Å². The quantitative estimate of drug-likeness (QED) is 0.781. The zero-order valence-electron chi connectivity index (χ0n) is 15.6. The van der Waals surface area contributed by atoms with Crippen molar-refractivity contribution >= 4 is 21.6 Å². The molecule has 1 saturated heterocycles. The molecular formula is C21H24N2O4S. The van der Waals surface area contributed by atoms with Gasteiger partial charge in [-0.2, -0.15) is 0 Å². The molecule has 148 valence electrons. The van der Waals surface area contributed by atoms with Crippen LogP contribution in [0.1, 0.15) is 40.7 Å². The molecule has 1 aliphatic heterocycles. The first-order valence-electron chi connectivity index (χ1n) is 9.66. The number of carbonyl (C=O) groups excluding carboxylic acids is 1. The van der Waals surface area contributed by atoms with Crippen LogP contribution >= 0.6 is 0 Å². The monoisotopic (exact) mass is 400 g/mol. The molecule has 2 N–H and O–H groups in total. The van der Waals surface area contributed by atoms with E-state index in [-0.39, 0.29) is 23.5 Å². The lowest BCUT2D eigenvalue weighted by atomic mass is 10.1. The number of benzene rings is 2. The molecule has 2 aliphatic rings. The van der Waals surface area contributed by atoms with Gasteiger partial charge in [-0.1, -0.05) is 12.1 Å². The lowest BCUT2D eigenvalue weighted by Gasteiger charge is -2.12. The first kappa shape index (κ1) is 19.1. The predicted octanol–water partition coefficient (Wildman–Crippen LogP) is 2.88. The second kappa shape index (κ2) is 8.03. The molecule has 0 saturated carbocycles. The average molecular weight is 401 g/mol. The Bertz CT molecular complexity index is 982. The summed E-state index contributed by atoms with van der Waals surface area (Å²) in [6, 6.07) is 12.0. The number of ether oxygens (including phenoxy) is 1. The molecule has 28 heavy (non-hydrogen) atoms. The third-order valence-corrected chi connectivity index (χ3v) is 6.71. The Morgan fingerprint density at radius 3 is 2.75 bits per heavy atom. The molecule has 0 radical (unpaired) electrons. The number of hydrogen-bond acceptors (Lipinski definition) is 4. The van der Waals surface area contributed by atoms with Crippen LogP contribution in [0, 0.1) is 0 Å².